The highest BCUT2D eigenvalue weighted by Crippen LogP contribution is 2.45. The Morgan fingerprint density at radius 2 is 2.07 bits per heavy atom. The van der Waals surface area contributed by atoms with Gasteiger partial charge in [0.05, 0.1) is 11.7 Å². The van der Waals surface area contributed by atoms with Gasteiger partial charge in [0.2, 0.25) is 5.56 Å². The molecule has 2 aliphatic rings. The van der Waals surface area contributed by atoms with Gasteiger partial charge in [-0.2, -0.15) is 0 Å². The summed E-state index contributed by atoms with van der Waals surface area (Å²) in [4.78, 5) is 18.7. The summed E-state index contributed by atoms with van der Waals surface area (Å²) in [5, 5.41) is 21.1. The average molecular weight is 398 g/mol. The molecule has 0 bridgehead atoms. The smallest absolute Gasteiger partial charge is 0.247 e. The number of benzene rings is 1. The summed E-state index contributed by atoms with van der Waals surface area (Å²) in [5.41, 5.74) is 3.62. The molecule has 3 N–H and O–H groups in total. The third-order valence-electron chi connectivity index (χ3n) is 6.13. The van der Waals surface area contributed by atoms with Crippen molar-refractivity contribution < 1.29 is 10.2 Å². The Bertz CT molecular complexity index is 913. The molecular weight excluding hydrogens is 366 g/mol. The van der Waals surface area contributed by atoms with Gasteiger partial charge in [-0.3, -0.25) is 9.69 Å². The van der Waals surface area contributed by atoms with Crippen LogP contribution in [0, 0.1) is 6.92 Å². The van der Waals surface area contributed by atoms with E-state index in [0.29, 0.717) is 25.0 Å². The number of piperidine rings is 1. The van der Waals surface area contributed by atoms with Crippen LogP contribution in [0.25, 0.3) is 0 Å². The predicted molar refractivity (Wildman–Crippen MR) is 114 cm³/mol. The zero-order chi connectivity index (χ0) is 20.8. The van der Waals surface area contributed by atoms with E-state index in [1.807, 2.05) is 13.8 Å². The standard InChI is InChI=1S/C23H31N3O3/c1-15-4-6-19-17(10-15)18-12-25(14-23(2,3)29)9-8-20(18)26(19)13-21(27)16-5-7-22(28)24-11-16/h4-7,10-11,18,20-21,27,29H,8-9,12-14H2,1-3H3,(H,24,28). The number of H-pyrrole nitrogens is 1. The minimum Gasteiger partial charge on any atom is -0.389 e. The molecule has 1 aromatic carbocycles. The number of aromatic amines is 1. The Labute approximate surface area is 171 Å². The molecule has 6 heteroatoms. The van der Waals surface area contributed by atoms with Gasteiger partial charge in [-0.15, -0.1) is 0 Å². The molecule has 0 aliphatic carbocycles. The van der Waals surface area contributed by atoms with Crippen molar-refractivity contribution in [2.75, 3.05) is 31.1 Å². The fourth-order valence-corrected chi connectivity index (χ4v) is 4.94. The molecule has 0 amide bonds. The van der Waals surface area contributed by atoms with Crippen molar-refractivity contribution in [2.24, 2.45) is 0 Å². The van der Waals surface area contributed by atoms with Crippen molar-refractivity contribution >= 4 is 5.69 Å². The highest BCUT2D eigenvalue weighted by molar-refractivity contribution is 5.63. The van der Waals surface area contributed by atoms with Crippen LogP contribution >= 0.6 is 0 Å². The number of rotatable bonds is 5. The Hall–Kier alpha value is -2.15. The maximum Gasteiger partial charge on any atom is 0.247 e. The van der Waals surface area contributed by atoms with Crippen molar-refractivity contribution in [1.82, 2.24) is 9.88 Å². The summed E-state index contributed by atoms with van der Waals surface area (Å²) >= 11 is 0. The van der Waals surface area contributed by atoms with Crippen LogP contribution in [-0.2, 0) is 0 Å². The zero-order valence-corrected chi connectivity index (χ0v) is 17.4. The first-order valence-corrected chi connectivity index (χ1v) is 10.4. The maximum atomic E-state index is 11.3. The van der Waals surface area contributed by atoms with Crippen LogP contribution < -0.4 is 10.5 Å². The summed E-state index contributed by atoms with van der Waals surface area (Å²) in [6.07, 6.45) is 1.92. The fourth-order valence-electron chi connectivity index (χ4n) is 4.94. The van der Waals surface area contributed by atoms with Crippen molar-refractivity contribution in [3.05, 3.63) is 63.6 Å². The number of anilines is 1. The van der Waals surface area contributed by atoms with E-state index in [1.165, 1.54) is 22.9 Å². The van der Waals surface area contributed by atoms with Crippen LogP contribution in [0.5, 0.6) is 0 Å². The number of nitrogens with one attached hydrogen (secondary N) is 1. The van der Waals surface area contributed by atoms with E-state index in [2.05, 4.69) is 39.9 Å². The van der Waals surface area contributed by atoms with E-state index < -0.39 is 11.7 Å². The second-order valence-corrected chi connectivity index (χ2v) is 9.23. The molecule has 156 valence electrons. The average Bonchev–Trinajstić information content (AvgIpc) is 2.93. The monoisotopic (exact) mass is 397 g/mol. The van der Waals surface area contributed by atoms with E-state index in [1.54, 1.807) is 12.3 Å². The van der Waals surface area contributed by atoms with Crippen LogP contribution in [0.3, 0.4) is 0 Å². The molecule has 3 unspecified atom stereocenters. The minimum atomic E-state index is -0.707. The SMILES string of the molecule is Cc1ccc2c(c1)C1CN(CC(C)(C)O)CCC1N2CC(O)c1ccc(=O)[nH]c1. The Kier molecular flexibility index (Phi) is 5.27. The lowest BCUT2D eigenvalue weighted by Crippen LogP contribution is -2.50. The summed E-state index contributed by atoms with van der Waals surface area (Å²) < 4.78 is 0. The number of nitrogens with zero attached hydrogens (tertiary/aromatic N) is 2. The van der Waals surface area contributed by atoms with E-state index >= 15 is 0 Å². The quantitative estimate of drug-likeness (QED) is 0.721. The number of aryl methyl sites for hydroxylation is 1. The number of fused-ring (bicyclic) bond motifs is 3. The van der Waals surface area contributed by atoms with Crippen LogP contribution in [0.15, 0.2) is 41.3 Å². The molecule has 6 nitrogen and oxygen atoms in total. The lowest BCUT2D eigenvalue weighted by molar-refractivity contribution is 0.0252. The summed E-state index contributed by atoms with van der Waals surface area (Å²) in [6, 6.07) is 10.1. The molecular formula is C23H31N3O3. The minimum absolute atomic E-state index is 0.165. The van der Waals surface area contributed by atoms with E-state index in [-0.39, 0.29) is 5.56 Å². The Morgan fingerprint density at radius 3 is 2.76 bits per heavy atom. The van der Waals surface area contributed by atoms with Gasteiger partial charge in [-0.05, 0) is 50.5 Å². The van der Waals surface area contributed by atoms with Crippen molar-refractivity contribution in [3.63, 3.8) is 0 Å². The molecule has 1 aromatic heterocycles. The van der Waals surface area contributed by atoms with Gasteiger partial charge in [-0.25, -0.2) is 0 Å². The van der Waals surface area contributed by atoms with Crippen molar-refractivity contribution in [1.29, 1.82) is 0 Å². The zero-order valence-electron chi connectivity index (χ0n) is 17.4. The number of pyridine rings is 1. The molecule has 0 saturated carbocycles. The van der Waals surface area contributed by atoms with Crippen LogP contribution in [-0.4, -0.2) is 57.9 Å². The van der Waals surface area contributed by atoms with Crippen LogP contribution in [0.2, 0.25) is 0 Å². The molecule has 29 heavy (non-hydrogen) atoms. The van der Waals surface area contributed by atoms with Gasteiger partial charge in [0, 0.05) is 56.1 Å². The number of likely N-dealkylation sites (tertiary alicyclic amines) is 1. The van der Waals surface area contributed by atoms with Crippen LogP contribution in [0.4, 0.5) is 5.69 Å². The van der Waals surface area contributed by atoms with Gasteiger partial charge in [0.25, 0.3) is 0 Å². The number of aliphatic hydroxyl groups is 2. The number of hydrogen-bond donors (Lipinski definition) is 3. The lowest BCUT2D eigenvalue weighted by atomic mass is 9.88. The molecule has 2 aliphatic heterocycles. The van der Waals surface area contributed by atoms with Gasteiger partial charge in [-0.1, -0.05) is 17.7 Å². The van der Waals surface area contributed by atoms with E-state index in [0.717, 1.165) is 25.1 Å². The fraction of sp³-hybridized carbons (Fsp3) is 0.522. The first-order chi connectivity index (χ1) is 13.7. The van der Waals surface area contributed by atoms with Crippen molar-refractivity contribution in [3.8, 4) is 0 Å². The van der Waals surface area contributed by atoms with Gasteiger partial charge >= 0.3 is 0 Å². The first-order valence-electron chi connectivity index (χ1n) is 10.4. The number of β-amino-alcohol motifs (C(OH)–C–C–N with tert-alkyl or cyclic N) is 2. The topological polar surface area (TPSA) is 79.8 Å². The predicted octanol–water partition coefficient (Wildman–Crippen LogP) is 2.17. The molecule has 4 rings (SSSR count). The van der Waals surface area contributed by atoms with E-state index in [4.69, 9.17) is 0 Å². The largest absolute Gasteiger partial charge is 0.389 e. The number of aromatic nitrogens is 1. The molecule has 1 fully saturated rings. The number of aliphatic hydroxyl groups excluding tert-OH is 1. The summed E-state index contributed by atoms with van der Waals surface area (Å²) in [6.45, 7) is 8.84. The maximum absolute atomic E-state index is 11.3. The molecule has 3 heterocycles. The molecule has 1 saturated heterocycles. The molecule has 3 atom stereocenters. The third-order valence-corrected chi connectivity index (χ3v) is 6.13. The molecule has 2 aromatic rings. The first kappa shape index (κ1) is 20.1. The van der Waals surface area contributed by atoms with Gasteiger partial charge in [0.1, 0.15) is 0 Å². The highest BCUT2D eigenvalue weighted by atomic mass is 16.3. The highest BCUT2D eigenvalue weighted by Gasteiger charge is 2.43. The normalized spacial score (nSPS) is 23.0. The van der Waals surface area contributed by atoms with Crippen LogP contribution in [0.1, 0.15) is 49.0 Å². The van der Waals surface area contributed by atoms with Gasteiger partial charge < -0.3 is 20.1 Å². The second-order valence-electron chi connectivity index (χ2n) is 9.23. The third kappa shape index (κ3) is 4.25. The lowest BCUT2D eigenvalue weighted by Gasteiger charge is -2.41. The van der Waals surface area contributed by atoms with E-state index in [9.17, 15) is 15.0 Å². The summed E-state index contributed by atoms with van der Waals surface area (Å²) in [7, 11) is 0. The van der Waals surface area contributed by atoms with Gasteiger partial charge in [0.15, 0.2) is 0 Å². The Morgan fingerprint density at radius 1 is 1.28 bits per heavy atom. The number of hydrogen-bond acceptors (Lipinski definition) is 5. The second kappa shape index (κ2) is 7.59. The molecule has 0 radical (unpaired) electrons. The molecule has 0 spiro atoms. The van der Waals surface area contributed by atoms with Crippen molar-refractivity contribution in [2.45, 2.75) is 50.9 Å². The summed E-state index contributed by atoms with van der Waals surface area (Å²) in [5.74, 6) is 0.365. The Balaban J connectivity index is 1.59.